The third kappa shape index (κ3) is 4.78. The average molecular weight is 229 g/mol. The second-order valence-corrected chi connectivity index (χ2v) is 4.96. The largest absolute Gasteiger partial charge is 0.383 e. The first-order chi connectivity index (χ1) is 7.63. The van der Waals surface area contributed by atoms with Gasteiger partial charge in [-0.3, -0.25) is 0 Å². The predicted octanol–water partition coefficient (Wildman–Crippen LogP) is 0.376. The Bertz CT molecular complexity index is 179. The van der Waals surface area contributed by atoms with E-state index in [1.165, 1.54) is 0 Å². The molecule has 0 aromatic rings. The number of rotatable bonds is 6. The predicted molar refractivity (Wildman–Crippen MR) is 67.6 cm³/mol. The molecular formula is C12H27N3O. The molecule has 1 atom stereocenters. The van der Waals surface area contributed by atoms with Gasteiger partial charge in [-0.15, -0.1) is 0 Å². The van der Waals surface area contributed by atoms with Crippen LogP contribution in [0.15, 0.2) is 0 Å². The molecule has 16 heavy (non-hydrogen) atoms. The maximum absolute atomic E-state index is 5.89. The topological polar surface area (TPSA) is 41.7 Å². The Morgan fingerprint density at radius 1 is 1.44 bits per heavy atom. The summed E-state index contributed by atoms with van der Waals surface area (Å²) in [5.41, 5.74) is 5.89. The standard InChI is InChI=1S/C12H27N3O/c1-11(10-16-3)14(2)8-9-15-6-4-12(13)5-7-15/h11-12H,4-10,13H2,1-3H3. The van der Waals surface area contributed by atoms with Crippen molar-refractivity contribution in [2.45, 2.75) is 31.8 Å². The van der Waals surface area contributed by atoms with Gasteiger partial charge in [-0.1, -0.05) is 0 Å². The normalized spacial score (nSPS) is 21.6. The molecule has 0 amide bonds. The van der Waals surface area contributed by atoms with Gasteiger partial charge >= 0.3 is 0 Å². The van der Waals surface area contributed by atoms with Crippen LogP contribution >= 0.6 is 0 Å². The Morgan fingerprint density at radius 3 is 2.62 bits per heavy atom. The van der Waals surface area contributed by atoms with Crippen LogP contribution in [0.1, 0.15) is 19.8 Å². The quantitative estimate of drug-likeness (QED) is 0.715. The highest BCUT2D eigenvalue weighted by atomic mass is 16.5. The molecule has 1 saturated heterocycles. The summed E-state index contributed by atoms with van der Waals surface area (Å²) in [7, 11) is 3.93. The van der Waals surface area contributed by atoms with Crippen LogP contribution in [0.25, 0.3) is 0 Å². The van der Waals surface area contributed by atoms with Crippen LogP contribution in [0.2, 0.25) is 0 Å². The molecule has 1 aliphatic heterocycles. The van der Waals surface area contributed by atoms with E-state index < -0.39 is 0 Å². The van der Waals surface area contributed by atoms with Gasteiger partial charge in [-0.25, -0.2) is 0 Å². The lowest BCUT2D eigenvalue weighted by Crippen LogP contribution is -2.44. The fourth-order valence-corrected chi connectivity index (χ4v) is 2.06. The minimum absolute atomic E-state index is 0.432. The number of ether oxygens (including phenoxy) is 1. The molecule has 0 aromatic heterocycles. The van der Waals surface area contributed by atoms with E-state index in [2.05, 4.69) is 23.8 Å². The molecule has 1 unspecified atom stereocenters. The van der Waals surface area contributed by atoms with Gasteiger partial charge in [-0.05, 0) is 39.9 Å². The summed E-state index contributed by atoms with van der Waals surface area (Å²) in [6.45, 7) is 7.59. The molecule has 4 nitrogen and oxygen atoms in total. The van der Waals surface area contributed by atoms with Crippen molar-refractivity contribution < 1.29 is 4.74 Å². The Hall–Kier alpha value is -0.160. The number of likely N-dealkylation sites (tertiary alicyclic amines) is 1. The van der Waals surface area contributed by atoms with Crippen molar-refractivity contribution in [2.75, 3.05) is 46.9 Å². The van der Waals surface area contributed by atoms with Crippen molar-refractivity contribution in [1.29, 1.82) is 0 Å². The van der Waals surface area contributed by atoms with Gasteiger partial charge < -0.3 is 20.3 Å². The average Bonchev–Trinajstić information content (AvgIpc) is 2.28. The zero-order valence-electron chi connectivity index (χ0n) is 11.0. The first-order valence-corrected chi connectivity index (χ1v) is 6.30. The first kappa shape index (κ1) is 13.9. The van der Waals surface area contributed by atoms with Crippen LogP contribution in [-0.4, -0.2) is 68.8 Å². The van der Waals surface area contributed by atoms with E-state index in [1.54, 1.807) is 7.11 Å². The zero-order valence-corrected chi connectivity index (χ0v) is 11.0. The molecular weight excluding hydrogens is 202 g/mol. The van der Waals surface area contributed by atoms with Crippen LogP contribution in [0.4, 0.5) is 0 Å². The highest BCUT2D eigenvalue weighted by molar-refractivity contribution is 4.75. The zero-order chi connectivity index (χ0) is 12.0. The Labute approximate surface area is 99.7 Å². The van der Waals surface area contributed by atoms with Crippen LogP contribution in [0.3, 0.4) is 0 Å². The van der Waals surface area contributed by atoms with E-state index in [-0.39, 0.29) is 0 Å². The van der Waals surface area contributed by atoms with Gasteiger partial charge in [0.2, 0.25) is 0 Å². The number of nitrogens with zero attached hydrogens (tertiary/aromatic N) is 2. The Balaban J connectivity index is 2.13. The van der Waals surface area contributed by atoms with E-state index in [0.717, 1.165) is 45.6 Å². The van der Waals surface area contributed by atoms with Gasteiger partial charge in [0.05, 0.1) is 6.61 Å². The van der Waals surface area contributed by atoms with Crippen LogP contribution in [0, 0.1) is 0 Å². The number of piperidine rings is 1. The molecule has 1 heterocycles. The number of hydrogen-bond acceptors (Lipinski definition) is 4. The van der Waals surface area contributed by atoms with Crippen LogP contribution in [-0.2, 0) is 4.74 Å². The molecule has 1 fully saturated rings. The smallest absolute Gasteiger partial charge is 0.0615 e. The van der Waals surface area contributed by atoms with E-state index in [9.17, 15) is 0 Å². The second-order valence-electron chi connectivity index (χ2n) is 4.96. The van der Waals surface area contributed by atoms with Crippen molar-refractivity contribution in [3.05, 3.63) is 0 Å². The fourth-order valence-electron chi connectivity index (χ4n) is 2.06. The molecule has 0 radical (unpaired) electrons. The summed E-state index contributed by atoms with van der Waals surface area (Å²) in [6.07, 6.45) is 2.30. The minimum atomic E-state index is 0.432. The summed E-state index contributed by atoms with van der Waals surface area (Å²) in [4.78, 5) is 4.87. The first-order valence-electron chi connectivity index (χ1n) is 6.30. The lowest BCUT2D eigenvalue weighted by molar-refractivity contribution is 0.103. The maximum Gasteiger partial charge on any atom is 0.0615 e. The molecule has 2 N–H and O–H groups in total. The van der Waals surface area contributed by atoms with Gasteiger partial charge in [-0.2, -0.15) is 0 Å². The molecule has 4 heteroatoms. The molecule has 0 saturated carbocycles. The van der Waals surface area contributed by atoms with E-state index in [0.29, 0.717) is 12.1 Å². The number of methoxy groups -OCH3 is 1. The highest BCUT2D eigenvalue weighted by Crippen LogP contribution is 2.08. The van der Waals surface area contributed by atoms with Gasteiger partial charge in [0, 0.05) is 32.3 Å². The number of likely N-dealkylation sites (N-methyl/N-ethyl adjacent to an activating group) is 1. The molecule has 96 valence electrons. The van der Waals surface area contributed by atoms with Crippen molar-refractivity contribution in [1.82, 2.24) is 9.80 Å². The Kier molecular flexibility index (Phi) is 6.28. The summed E-state index contributed by atoms with van der Waals surface area (Å²) >= 11 is 0. The fraction of sp³-hybridized carbons (Fsp3) is 1.00. The monoisotopic (exact) mass is 229 g/mol. The van der Waals surface area contributed by atoms with Crippen molar-refractivity contribution in [3.8, 4) is 0 Å². The van der Waals surface area contributed by atoms with Crippen LogP contribution < -0.4 is 5.73 Å². The summed E-state index contributed by atoms with van der Waals surface area (Å²) < 4.78 is 5.16. The molecule has 0 aromatic carbocycles. The van der Waals surface area contributed by atoms with Crippen LogP contribution in [0.5, 0.6) is 0 Å². The van der Waals surface area contributed by atoms with Gasteiger partial charge in [0.1, 0.15) is 0 Å². The Morgan fingerprint density at radius 2 is 2.06 bits per heavy atom. The lowest BCUT2D eigenvalue weighted by atomic mass is 10.1. The molecule has 0 aliphatic carbocycles. The number of nitrogens with two attached hydrogens (primary N) is 1. The van der Waals surface area contributed by atoms with E-state index >= 15 is 0 Å². The van der Waals surface area contributed by atoms with Crippen molar-refractivity contribution in [2.24, 2.45) is 5.73 Å². The highest BCUT2D eigenvalue weighted by Gasteiger charge is 2.16. The summed E-state index contributed by atoms with van der Waals surface area (Å²) in [5.74, 6) is 0. The van der Waals surface area contributed by atoms with E-state index in [4.69, 9.17) is 10.5 Å². The summed E-state index contributed by atoms with van der Waals surface area (Å²) in [6, 6.07) is 0.929. The second kappa shape index (κ2) is 7.22. The molecule has 0 bridgehead atoms. The van der Waals surface area contributed by atoms with Gasteiger partial charge in [0.25, 0.3) is 0 Å². The molecule has 1 aliphatic rings. The third-order valence-corrected chi connectivity index (χ3v) is 3.56. The number of hydrogen-bond donors (Lipinski definition) is 1. The van der Waals surface area contributed by atoms with Crippen molar-refractivity contribution in [3.63, 3.8) is 0 Å². The SMILES string of the molecule is COCC(C)N(C)CCN1CCC(N)CC1. The van der Waals surface area contributed by atoms with E-state index in [1.807, 2.05) is 0 Å². The lowest BCUT2D eigenvalue weighted by Gasteiger charge is -2.32. The maximum atomic E-state index is 5.89. The third-order valence-electron chi connectivity index (χ3n) is 3.56. The summed E-state index contributed by atoms with van der Waals surface area (Å²) in [5, 5.41) is 0. The van der Waals surface area contributed by atoms with Crippen molar-refractivity contribution >= 4 is 0 Å². The minimum Gasteiger partial charge on any atom is -0.383 e. The molecule has 0 spiro atoms. The van der Waals surface area contributed by atoms with Gasteiger partial charge in [0.15, 0.2) is 0 Å². The molecule has 1 rings (SSSR count).